The molecule has 0 fully saturated rings. The number of aryl methyl sites for hydroxylation is 3. The topological polar surface area (TPSA) is 79.3 Å². The van der Waals surface area contributed by atoms with E-state index in [9.17, 15) is 9.59 Å². The van der Waals surface area contributed by atoms with Gasteiger partial charge < -0.3 is 15.5 Å². The molecule has 3 amide bonds. The van der Waals surface area contributed by atoms with Gasteiger partial charge in [0.2, 0.25) is 5.91 Å². The third-order valence-electron chi connectivity index (χ3n) is 6.35. The Hall–Kier alpha value is -3.61. The second-order valence-corrected chi connectivity index (χ2v) is 11.3. The standard InChI is InChI=1S/C30H41N5O2/c1-20(2)14-15-34(29(37)31-24-13-12-22(4)23(5)17-24)19-28(36)32-27-18-26(30(6,7)8)33-35(27)25-11-9-10-21(3)16-25/h9-13,16-18,20H,14-15,19H2,1-8H3,(H,31,37)(H,32,36). The lowest BCUT2D eigenvalue weighted by Crippen LogP contribution is -2.41. The summed E-state index contributed by atoms with van der Waals surface area (Å²) in [6.45, 7) is 17.0. The number of benzene rings is 2. The molecule has 3 rings (SSSR count). The average Bonchev–Trinajstić information content (AvgIpc) is 3.23. The molecular formula is C30H41N5O2. The number of amides is 3. The molecule has 0 aliphatic heterocycles. The molecule has 0 aliphatic carbocycles. The Morgan fingerprint density at radius 3 is 2.32 bits per heavy atom. The highest BCUT2D eigenvalue weighted by Crippen LogP contribution is 2.26. The largest absolute Gasteiger partial charge is 0.322 e. The van der Waals surface area contributed by atoms with Gasteiger partial charge in [0.15, 0.2) is 0 Å². The summed E-state index contributed by atoms with van der Waals surface area (Å²) in [5.74, 6) is 0.712. The summed E-state index contributed by atoms with van der Waals surface area (Å²) in [6.07, 6.45) is 0.795. The van der Waals surface area contributed by atoms with Crippen LogP contribution in [0.5, 0.6) is 0 Å². The zero-order valence-corrected chi connectivity index (χ0v) is 23.5. The van der Waals surface area contributed by atoms with E-state index >= 15 is 0 Å². The minimum atomic E-state index is -0.290. The number of aromatic nitrogens is 2. The lowest BCUT2D eigenvalue weighted by molar-refractivity contribution is -0.116. The van der Waals surface area contributed by atoms with Crippen molar-refractivity contribution in [3.63, 3.8) is 0 Å². The molecule has 2 N–H and O–H groups in total. The number of anilines is 2. The first kappa shape index (κ1) is 28.0. The molecule has 1 aromatic heterocycles. The van der Waals surface area contributed by atoms with Crippen LogP contribution in [0.2, 0.25) is 0 Å². The molecule has 7 nitrogen and oxygen atoms in total. The van der Waals surface area contributed by atoms with Crippen molar-refractivity contribution in [2.24, 2.45) is 5.92 Å². The van der Waals surface area contributed by atoms with E-state index in [1.165, 1.54) is 0 Å². The molecule has 198 valence electrons. The lowest BCUT2D eigenvalue weighted by atomic mass is 9.92. The van der Waals surface area contributed by atoms with E-state index in [0.717, 1.165) is 40.2 Å². The van der Waals surface area contributed by atoms with Gasteiger partial charge in [-0.05, 0) is 74.1 Å². The molecule has 1 heterocycles. The second kappa shape index (κ2) is 11.6. The predicted molar refractivity (Wildman–Crippen MR) is 152 cm³/mol. The van der Waals surface area contributed by atoms with Gasteiger partial charge in [-0.2, -0.15) is 5.10 Å². The van der Waals surface area contributed by atoms with Crippen LogP contribution in [0.1, 0.15) is 63.4 Å². The Kier molecular flexibility index (Phi) is 8.79. The number of nitrogens with zero attached hydrogens (tertiary/aromatic N) is 3. The minimum Gasteiger partial charge on any atom is -0.315 e. The van der Waals surface area contributed by atoms with Crippen molar-refractivity contribution in [1.29, 1.82) is 0 Å². The number of hydrogen-bond donors (Lipinski definition) is 2. The van der Waals surface area contributed by atoms with Crippen molar-refractivity contribution >= 4 is 23.4 Å². The number of rotatable bonds is 8. The highest BCUT2D eigenvalue weighted by molar-refractivity contribution is 5.96. The Bertz CT molecular complexity index is 1250. The van der Waals surface area contributed by atoms with E-state index in [-0.39, 0.29) is 23.9 Å². The number of nitrogens with one attached hydrogen (secondary N) is 2. The number of hydrogen-bond acceptors (Lipinski definition) is 3. The molecule has 0 spiro atoms. The molecule has 7 heteroatoms. The van der Waals surface area contributed by atoms with E-state index in [1.54, 1.807) is 9.58 Å². The molecule has 0 atom stereocenters. The van der Waals surface area contributed by atoms with Crippen LogP contribution < -0.4 is 10.6 Å². The van der Waals surface area contributed by atoms with E-state index < -0.39 is 0 Å². The van der Waals surface area contributed by atoms with Gasteiger partial charge in [0.05, 0.1) is 11.4 Å². The van der Waals surface area contributed by atoms with Crippen LogP contribution in [0.4, 0.5) is 16.3 Å². The predicted octanol–water partition coefficient (Wildman–Crippen LogP) is 6.61. The molecule has 0 radical (unpaired) electrons. The normalized spacial score (nSPS) is 11.5. The molecule has 3 aromatic rings. The fourth-order valence-corrected chi connectivity index (χ4v) is 3.84. The summed E-state index contributed by atoms with van der Waals surface area (Å²) in [5.41, 5.74) is 5.63. The lowest BCUT2D eigenvalue weighted by Gasteiger charge is -2.24. The zero-order chi connectivity index (χ0) is 27.3. The first-order valence-corrected chi connectivity index (χ1v) is 12.9. The summed E-state index contributed by atoms with van der Waals surface area (Å²) in [6, 6.07) is 15.4. The fourth-order valence-electron chi connectivity index (χ4n) is 3.84. The van der Waals surface area contributed by atoms with Gasteiger partial charge in [-0.1, -0.05) is 52.8 Å². The van der Waals surface area contributed by atoms with Gasteiger partial charge in [0.1, 0.15) is 12.4 Å². The first-order valence-electron chi connectivity index (χ1n) is 12.9. The van der Waals surface area contributed by atoms with Crippen LogP contribution >= 0.6 is 0 Å². The average molecular weight is 504 g/mol. The SMILES string of the molecule is Cc1cccc(-n2nc(C(C)(C)C)cc2NC(=O)CN(CCC(C)C)C(=O)Nc2ccc(C)c(C)c2)c1. The van der Waals surface area contributed by atoms with Gasteiger partial charge in [0.25, 0.3) is 0 Å². The van der Waals surface area contributed by atoms with E-state index in [1.807, 2.05) is 69.3 Å². The van der Waals surface area contributed by atoms with Crippen molar-refractivity contribution in [3.05, 3.63) is 70.9 Å². The summed E-state index contributed by atoms with van der Waals surface area (Å²) in [4.78, 5) is 28.0. The van der Waals surface area contributed by atoms with Crippen molar-refractivity contribution in [2.45, 2.75) is 67.2 Å². The van der Waals surface area contributed by atoms with Crippen LogP contribution in [0, 0.1) is 26.7 Å². The van der Waals surface area contributed by atoms with Gasteiger partial charge >= 0.3 is 6.03 Å². The second-order valence-electron chi connectivity index (χ2n) is 11.3. The van der Waals surface area contributed by atoms with Crippen LogP contribution in [0.3, 0.4) is 0 Å². The Labute approximate surface area is 221 Å². The van der Waals surface area contributed by atoms with Crippen LogP contribution in [-0.4, -0.2) is 39.7 Å². The summed E-state index contributed by atoms with van der Waals surface area (Å²) in [5, 5.41) is 10.8. The molecule has 0 saturated carbocycles. The number of carbonyl (C=O) groups excluding carboxylic acids is 2. The maximum Gasteiger partial charge on any atom is 0.322 e. The van der Waals surface area contributed by atoms with E-state index in [4.69, 9.17) is 5.10 Å². The minimum absolute atomic E-state index is 0.0623. The highest BCUT2D eigenvalue weighted by Gasteiger charge is 2.23. The maximum absolute atomic E-state index is 13.3. The Morgan fingerprint density at radius 1 is 0.973 bits per heavy atom. The molecule has 0 unspecified atom stereocenters. The summed E-state index contributed by atoms with van der Waals surface area (Å²) >= 11 is 0. The number of carbonyl (C=O) groups is 2. The monoisotopic (exact) mass is 503 g/mol. The molecule has 0 saturated heterocycles. The molecule has 0 bridgehead atoms. The van der Waals surface area contributed by atoms with Crippen molar-refractivity contribution in [3.8, 4) is 5.69 Å². The van der Waals surface area contributed by atoms with E-state index in [2.05, 4.69) is 45.3 Å². The third-order valence-corrected chi connectivity index (χ3v) is 6.35. The highest BCUT2D eigenvalue weighted by atomic mass is 16.2. The summed E-state index contributed by atoms with van der Waals surface area (Å²) < 4.78 is 1.76. The molecular weight excluding hydrogens is 462 g/mol. The van der Waals surface area contributed by atoms with Gasteiger partial charge in [-0.25, -0.2) is 9.48 Å². The smallest absolute Gasteiger partial charge is 0.315 e. The van der Waals surface area contributed by atoms with Crippen LogP contribution in [0.15, 0.2) is 48.5 Å². The molecule has 0 aliphatic rings. The van der Waals surface area contributed by atoms with Gasteiger partial charge in [0, 0.05) is 23.7 Å². The Morgan fingerprint density at radius 2 is 1.70 bits per heavy atom. The van der Waals surface area contributed by atoms with Crippen molar-refractivity contribution < 1.29 is 9.59 Å². The van der Waals surface area contributed by atoms with Crippen LogP contribution in [0.25, 0.3) is 5.69 Å². The van der Waals surface area contributed by atoms with E-state index in [0.29, 0.717) is 18.3 Å². The number of urea groups is 1. The maximum atomic E-state index is 13.3. The van der Waals surface area contributed by atoms with Crippen molar-refractivity contribution in [1.82, 2.24) is 14.7 Å². The first-order chi connectivity index (χ1) is 17.3. The Balaban J connectivity index is 1.82. The fraction of sp³-hybridized carbons (Fsp3) is 0.433. The van der Waals surface area contributed by atoms with Crippen molar-refractivity contribution in [2.75, 3.05) is 23.7 Å². The van der Waals surface area contributed by atoms with Crippen LogP contribution in [-0.2, 0) is 10.2 Å². The molecule has 37 heavy (non-hydrogen) atoms. The quantitative estimate of drug-likeness (QED) is 0.363. The summed E-state index contributed by atoms with van der Waals surface area (Å²) in [7, 11) is 0. The molecule has 2 aromatic carbocycles. The third kappa shape index (κ3) is 7.68. The van der Waals surface area contributed by atoms with Gasteiger partial charge in [-0.3, -0.25) is 4.79 Å². The van der Waals surface area contributed by atoms with Gasteiger partial charge in [-0.15, -0.1) is 0 Å². The zero-order valence-electron chi connectivity index (χ0n) is 23.5.